The van der Waals surface area contributed by atoms with Crippen LogP contribution in [0, 0.1) is 0 Å². The number of nitrogens with zero attached hydrogens (tertiary/aromatic N) is 6. The summed E-state index contributed by atoms with van der Waals surface area (Å²) >= 11 is 6.21. The highest BCUT2D eigenvalue weighted by molar-refractivity contribution is 6.32. The third-order valence-corrected chi connectivity index (χ3v) is 7.23. The number of likely N-dealkylation sites (N-methyl/N-ethyl adjacent to an activating group) is 2. The lowest BCUT2D eigenvalue weighted by molar-refractivity contribution is -0.138. The molecule has 1 fully saturated rings. The molecule has 10 nitrogen and oxygen atoms in total. The fourth-order valence-corrected chi connectivity index (χ4v) is 4.98. The van der Waals surface area contributed by atoms with Crippen LogP contribution < -0.4 is 20.3 Å². The SMILES string of the molecule is CNC[C@H]1CN(c2c(NC(=O)c3ccn(-c4ccnnc4)n3)ccc(Oc3ccccc3Cl)c2C(F)(F)F)CCN1C. The van der Waals surface area contributed by atoms with Crippen LogP contribution in [0.25, 0.3) is 5.69 Å². The predicted molar refractivity (Wildman–Crippen MR) is 153 cm³/mol. The van der Waals surface area contributed by atoms with Gasteiger partial charge in [0.2, 0.25) is 0 Å². The first-order chi connectivity index (χ1) is 20.2. The summed E-state index contributed by atoms with van der Waals surface area (Å²) in [6, 6.07) is 11.9. The largest absolute Gasteiger partial charge is 0.455 e. The van der Waals surface area contributed by atoms with Crippen LogP contribution in [0.15, 0.2) is 67.1 Å². The number of halogens is 4. The lowest BCUT2D eigenvalue weighted by atomic mass is 10.0. The van der Waals surface area contributed by atoms with Gasteiger partial charge in [-0.25, -0.2) is 4.68 Å². The number of nitrogens with one attached hydrogen (secondary N) is 2. The molecular formula is C28H28ClF3N8O2. The van der Waals surface area contributed by atoms with E-state index in [1.54, 1.807) is 36.3 Å². The lowest BCUT2D eigenvalue weighted by Crippen LogP contribution is -2.55. The Morgan fingerprint density at radius 1 is 1.10 bits per heavy atom. The molecule has 1 saturated heterocycles. The summed E-state index contributed by atoms with van der Waals surface area (Å²) in [5, 5.41) is 17.7. The quantitative estimate of drug-likeness (QED) is 0.300. The molecule has 42 heavy (non-hydrogen) atoms. The van der Waals surface area contributed by atoms with E-state index >= 15 is 0 Å². The molecule has 4 aromatic rings. The standard InChI is InChI=1S/C28H28ClF3N8O2/c1-33-15-19-17-39(14-13-38(19)2)26-21(36-27(41)22-10-12-40(37-22)18-9-11-34-35-16-18)7-8-24(25(26)28(30,31)32)42-23-6-4-3-5-20(23)29/h3-12,16,19,33H,13-15,17H2,1-2H3,(H,36,41)/t19-/m0/s1. The van der Waals surface area contributed by atoms with Crippen LogP contribution in [0.4, 0.5) is 24.5 Å². The van der Waals surface area contributed by atoms with E-state index in [0.717, 1.165) is 0 Å². The second kappa shape index (κ2) is 12.3. The van der Waals surface area contributed by atoms with Crippen molar-refractivity contribution < 1.29 is 22.7 Å². The Bertz CT molecular complexity index is 1550. The number of alkyl halides is 3. The number of benzene rings is 2. The van der Waals surface area contributed by atoms with Crippen LogP contribution in [0.3, 0.4) is 0 Å². The van der Waals surface area contributed by atoms with E-state index in [-0.39, 0.29) is 40.4 Å². The number of piperazine rings is 1. The van der Waals surface area contributed by atoms with Gasteiger partial charge in [0.25, 0.3) is 5.91 Å². The van der Waals surface area contributed by atoms with Crippen LogP contribution in [0.2, 0.25) is 5.02 Å². The van der Waals surface area contributed by atoms with E-state index in [9.17, 15) is 18.0 Å². The molecule has 1 amide bonds. The van der Waals surface area contributed by atoms with E-state index in [1.807, 2.05) is 7.05 Å². The third-order valence-electron chi connectivity index (χ3n) is 6.92. The molecule has 1 aliphatic rings. The number of carbonyl (C=O) groups excluding carboxylic acids is 1. The topological polar surface area (TPSA) is 100 Å². The maximum absolute atomic E-state index is 14.9. The van der Waals surface area contributed by atoms with Crippen molar-refractivity contribution in [1.29, 1.82) is 0 Å². The van der Waals surface area contributed by atoms with Gasteiger partial charge in [0.15, 0.2) is 5.69 Å². The zero-order valence-corrected chi connectivity index (χ0v) is 23.5. The summed E-state index contributed by atoms with van der Waals surface area (Å²) in [6.07, 6.45) is -0.331. The Morgan fingerprint density at radius 2 is 1.90 bits per heavy atom. The summed E-state index contributed by atoms with van der Waals surface area (Å²) in [6.45, 7) is 1.65. The van der Waals surface area contributed by atoms with Crippen LogP contribution in [0.1, 0.15) is 16.1 Å². The van der Waals surface area contributed by atoms with Gasteiger partial charge in [-0.15, -0.1) is 0 Å². The Morgan fingerprint density at radius 3 is 2.62 bits per heavy atom. The zero-order valence-electron chi connectivity index (χ0n) is 22.8. The lowest BCUT2D eigenvalue weighted by Gasteiger charge is -2.42. The van der Waals surface area contributed by atoms with Crippen molar-refractivity contribution in [3.63, 3.8) is 0 Å². The number of para-hydroxylation sites is 1. The van der Waals surface area contributed by atoms with Gasteiger partial charge in [-0.1, -0.05) is 23.7 Å². The number of amides is 1. The van der Waals surface area contributed by atoms with Crippen LogP contribution in [0.5, 0.6) is 11.5 Å². The Labute approximate surface area is 245 Å². The van der Waals surface area contributed by atoms with Crippen LogP contribution in [-0.2, 0) is 6.18 Å². The number of aromatic nitrogens is 4. The van der Waals surface area contributed by atoms with Gasteiger partial charge < -0.3 is 20.3 Å². The number of anilines is 2. The number of rotatable bonds is 8. The molecule has 5 rings (SSSR count). The second-order valence-corrected chi connectivity index (χ2v) is 10.1. The molecule has 2 aromatic carbocycles. The van der Waals surface area contributed by atoms with Crippen molar-refractivity contribution in [2.24, 2.45) is 0 Å². The molecule has 0 spiro atoms. The molecule has 220 valence electrons. The van der Waals surface area contributed by atoms with Crippen molar-refractivity contribution in [1.82, 2.24) is 30.2 Å². The molecule has 1 atom stereocenters. The minimum atomic E-state index is -4.83. The maximum atomic E-state index is 14.9. The summed E-state index contributed by atoms with van der Waals surface area (Å²) < 4.78 is 51.9. The zero-order chi connectivity index (χ0) is 29.9. The average molecular weight is 601 g/mol. The molecular weight excluding hydrogens is 573 g/mol. The van der Waals surface area contributed by atoms with E-state index in [4.69, 9.17) is 16.3 Å². The first-order valence-electron chi connectivity index (χ1n) is 13.1. The highest BCUT2D eigenvalue weighted by Crippen LogP contribution is 2.48. The molecule has 3 heterocycles. The van der Waals surface area contributed by atoms with Crippen molar-refractivity contribution in [3.8, 4) is 17.2 Å². The average Bonchev–Trinajstić information content (AvgIpc) is 3.47. The molecule has 2 aromatic heterocycles. The summed E-state index contributed by atoms with van der Waals surface area (Å²) in [5.41, 5.74) is -0.646. The molecule has 0 unspecified atom stereocenters. The Balaban J connectivity index is 1.57. The normalized spacial score (nSPS) is 16.0. The Hall–Kier alpha value is -4.20. The van der Waals surface area contributed by atoms with Gasteiger partial charge in [0, 0.05) is 38.4 Å². The van der Waals surface area contributed by atoms with E-state index in [1.165, 1.54) is 47.4 Å². The van der Waals surface area contributed by atoms with Gasteiger partial charge in [0.1, 0.15) is 17.1 Å². The van der Waals surface area contributed by atoms with Crippen LogP contribution >= 0.6 is 11.6 Å². The van der Waals surface area contributed by atoms with Gasteiger partial charge in [-0.05, 0) is 50.5 Å². The monoisotopic (exact) mass is 600 g/mol. The minimum Gasteiger partial charge on any atom is -0.455 e. The Kier molecular flexibility index (Phi) is 8.61. The fraction of sp³-hybridized carbons (Fsp3) is 0.286. The smallest absolute Gasteiger partial charge is 0.422 e. The molecule has 0 aliphatic carbocycles. The van der Waals surface area contributed by atoms with Crippen LogP contribution in [-0.4, -0.2) is 77.1 Å². The van der Waals surface area contributed by atoms with E-state index in [2.05, 4.69) is 30.8 Å². The van der Waals surface area contributed by atoms with E-state index in [0.29, 0.717) is 25.3 Å². The molecule has 1 aliphatic heterocycles. The van der Waals surface area contributed by atoms with E-state index < -0.39 is 23.4 Å². The first-order valence-corrected chi connectivity index (χ1v) is 13.4. The fourth-order valence-electron chi connectivity index (χ4n) is 4.81. The number of hydrogen-bond donors (Lipinski definition) is 2. The van der Waals surface area contributed by atoms with Crippen molar-refractivity contribution in [2.75, 3.05) is 50.5 Å². The number of ether oxygens (including phenoxy) is 1. The third kappa shape index (κ3) is 6.32. The summed E-state index contributed by atoms with van der Waals surface area (Å²) in [5.74, 6) is -1.03. The predicted octanol–water partition coefficient (Wildman–Crippen LogP) is 4.72. The van der Waals surface area contributed by atoms with Crippen molar-refractivity contribution in [3.05, 3.63) is 83.4 Å². The molecule has 0 saturated carbocycles. The molecule has 0 radical (unpaired) electrons. The van der Waals surface area contributed by atoms with Gasteiger partial charge in [-0.3, -0.25) is 9.69 Å². The maximum Gasteiger partial charge on any atom is 0.422 e. The molecule has 14 heteroatoms. The second-order valence-electron chi connectivity index (χ2n) is 9.70. The summed E-state index contributed by atoms with van der Waals surface area (Å²) in [4.78, 5) is 17.0. The van der Waals surface area contributed by atoms with Crippen molar-refractivity contribution in [2.45, 2.75) is 12.2 Å². The van der Waals surface area contributed by atoms with Gasteiger partial charge >= 0.3 is 6.18 Å². The summed E-state index contributed by atoms with van der Waals surface area (Å²) in [7, 11) is 3.72. The highest BCUT2D eigenvalue weighted by Gasteiger charge is 2.42. The molecule has 2 N–H and O–H groups in total. The minimum absolute atomic E-state index is 0.00847. The number of hydrogen-bond acceptors (Lipinski definition) is 8. The number of carbonyl (C=O) groups is 1. The first kappa shape index (κ1) is 29.3. The highest BCUT2D eigenvalue weighted by atomic mass is 35.5. The molecule has 0 bridgehead atoms. The van der Waals surface area contributed by atoms with Gasteiger partial charge in [-0.2, -0.15) is 28.5 Å². The van der Waals surface area contributed by atoms with Gasteiger partial charge in [0.05, 0.1) is 34.5 Å². The van der Waals surface area contributed by atoms with Crippen molar-refractivity contribution >= 4 is 28.9 Å².